The van der Waals surface area contributed by atoms with E-state index < -0.39 is 17.7 Å². The van der Waals surface area contributed by atoms with Gasteiger partial charge in [-0.3, -0.25) is 0 Å². The molecule has 2 saturated heterocycles. The highest BCUT2D eigenvalue weighted by Crippen LogP contribution is 2.43. The van der Waals surface area contributed by atoms with Crippen LogP contribution in [-0.2, 0) is 29.3 Å². The number of fused-ring (bicyclic) bond motifs is 1. The summed E-state index contributed by atoms with van der Waals surface area (Å²) in [5.74, 6) is -0.723. The minimum atomic E-state index is -0.838. The third-order valence-electron chi connectivity index (χ3n) is 6.50. The van der Waals surface area contributed by atoms with E-state index in [0.29, 0.717) is 6.61 Å². The molecule has 5 rings (SSSR count). The Morgan fingerprint density at radius 3 is 1.83 bits per heavy atom. The van der Waals surface area contributed by atoms with Gasteiger partial charge in [0.1, 0.15) is 23.9 Å². The lowest BCUT2D eigenvalue weighted by molar-refractivity contribution is -0.226. The van der Waals surface area contributed by atoms with Crippen molar-refractivity contribution in [2.24, 2.45) is 0 Å². The molecule has 5 heteroatoms. The van der Waals surface area contributed by atoms with Crippen molar-refractivity contribution >= 4 is 0 Å². The van der Waals surface area contributed by atoms with E-state index in [0.717, 1.165) is 16.7 Å². The van der Waals surface area contributed by atoms with Gasteiger partial charge in [0.25, 0.3) is 0 Å². The zero-order valence-corrected chi connectivity index (χ0v) is 20.2. The van der Waals surface area contributed by atoms with Crippen LogP contribution in [0.2, 0.25) is 0 Å². The van der Waals surface area contributed by atoms with Gasteiger partial charge in [-0.2, -0.15) is 0 Å². The Balaban J connectivity index is 1.52. The highest BCUT2D eigenvalue weighted by molar-refractivity contribution is 5.47. The lowest BCUT2D eigenvalue weighted by Crippen LogP contribution is -2.42. The average molecular weight is 473 g/mol. The highest BCUT2D eigenvalue weighted by Gasteiger charge is 2.56. The van der Waals surface area contributed by atoms with Gasteiger partial charge in [0.2, 0.25) is 0 Å². The Hall–Kier alpha value is -2.80. The molecule has 2 aliphatic rings. The molecule has 3 aromatic carbocycles. The summed E-state index contributed by atoms with van der Waals surface area (Å²) in [6.45, 7) is 8.23. The second kappa shape index (κ2) is 10.1. The van der Waals surface area contributed by atoms with Gasteiger partial charge in [0, 0.05) is 0 Å². The summed E-state index contributed by atoms with van der Waals surface area (Å²) in [4.78, 5) is 0. The Bertz CT molecular complexity index is 1000. The molecule has 0 aromatic heterocycles. The topological polar surface area (TPSA) is 46.2 Å². The monoisotopic (exact) mass is 472 g/mol. The van der Waals surface area contributed by atoms with Crippen molar-refractivity contribution in [3.05, 3.63) is 120 Å². The van der Waals surface area contributed by atoms with Gasteiger partial charge in [-0.15, -0.1) is 6.58 Å². The number of benzene rings is 3. The number of rotatable bonds is 9. The van der Waals surface area contributed by atoms with Crippen LogP contribution >= 0.6 is 0 Å². The van der Waals surface area contributed by atoms with Gasteiger partial charge in [-0.25, -0.2) is 0 Å². The second-order valence-electron chi connectivity index (χ2n) is 9.32. The van der Waals surface area contributed by atoms with Gasteiger partial charge in [0.15, 0.2) is 12.1 Å². The van der Waals surface area contributed by atoms with Crippen LogP contribution in [0.4, 0.5) is 0 Å². The maximum atomic E-state index is 6.96. The minimum absolute atomic E-state index is 0.278. The molecule has 0 bridgehead atoms. The molecule has 0 radical (unpaired) electrons. The first-order valence-electron chi connectivity index (χ1n) is 12.1. The Kier molecular flexibility index (Phi) is 6.87. The molecular formula is C30H32O5. The van der Waals surface area contributed by atoms with Crippen LogP contribution in [0.25, 0.3) is 0 Å². The molecule has 2 heterocycles. The molecular weight excluding hydrogens is 440 g/mol. The zero-order valence-electron chi connectivity index (χ0n) is 20.2. The second-order valence-corrected chi connectivity index (χ2v) is 9.32. The number of hydrogen-bond acceptors (Lipinski definition) is 5. The van der Waals surface area contributed by atoms with E-state index in [1.165, 1.54) is 0 Å². The number of hydrogen-bond donors (Lipinski definition) is 0. The minimum Gasteiger partial charge on any atom is -0.368 e. The normalized spacial score (nSPS) is 25.3. The van der Waals surface area contributed by atoms with E-state index in [1.54, 1.807) is 6.08 Å². The van der Waals surface area contributed by atoms with Gasteiger partial charge >= 0.3 is 0 Å². The standard InChI is InChI=1S/C30H32O5/c1-4-20-31-26-25(33-28-27(26)34-29(2,3)35-28)21-32-30(22-14-8-5-9-15-22,23-16-10-6-11-17-23)24-18-12-7-13-19-24/h4-19,25-28H,1,20-21H2,2-3H3/t25-,26+,27-,28-/m1/s1. The third-order valence-corrected chi connectivity index (χ3v) is 6.50. The molecule has 2 aliphatic heterocycles. The van der Waals surface area contributed by atoms with E-state index in [2.05, 4.69) is 43.0 Å². The molecule has 4 atom stereocenters. The van der Waals surface area contributed by atoms with E-state index in [-0.39, 0.29) is 24.9 Å². The Labute approximate surface area is 207 Å². The summed E-state index contributed by atoms with van der Waals surface area (Å²) in [5, 5.41) is 0. The van der Waals surface area contributed by atoms with Gasteiger partial charge in [0.05, 0.1) is 13.2 Å². The smallest absolute Gasteiger partial charge is 0.190 e. The van der Waals surface area contributed by atoms with E-state index in [1.807, 2.05) is 68.4 Å². The van der Waals surface area contributed by atoms with Crippen molar-refractivity contribution in [1.82, 2.24) is 0 Å². The van der Waals surface area contributed by atoms with E-state index >= 15 is 0 Å². The van der Waals surface area contributed by atoms with Crippen molar-refractivity contribution < 1.29 is 23.7 Å². The summed E-state index contributed by atoms with van der Waals surface area (Å²) in [7, 11) is 0. The lowest BCUT2D eigenvalue weighted by Gasteiger charge is -2.37. The van der Waals surface area contributed by atoms with Crippen LogP contribution in [0.15, 0.2) is 104 Å². The van der Waals surface area contributed by atoms with E-state index in [9.17, 15) is 0 Å². The summed E-state index contributed by atoms with van der Waals surface area (Å²) >= 11 is 0. The summed E-state index contributed by atoms with van der Waals surface area (Å²) < 4.78 is 31.5. The first-order chi connectivity index (χ1) is 17.0. The highest BCUT2D eigenvalue weighted by atomic mass is 16.8. The Morgan fingerprint density at radius 2 is 1.34 bits per heavy atom. The molecule has 0 aliphatic carbocycles. The summed E-state index contributed by atoms with van der Waals surface area (Å²) in [6, 6.07) is 30.9. The molecule has 0 spiro atoms. The van der Waals surface area contributed by atoms with Gasteiger partial charge < -0.3 is 23.7 Å². The quantitative estimate of drug-likeness (QED) is 0.306. The molecule has 0 amide bonds. The van der Waals surface area contributed by atoms with Crippen LogP contribution in [0, 0.1) is 0 Å². The lowest BCUT2D eigenvalue weighted by atomic mass is 9.80. The molecule has 5 nitrogen and oxygen atoms in total. The fourth-order valence-electron chi connectivity index (χ4n) is 5.04. The van der Waals surface area contributed by atoms with Crippen LogP contribution in [0.3, 0.4) is 0 Å². The number of ether oxygens (including phenoxy) is 5. The molecule has 0 N–H and O–H groups in total. The predicted molar refractivity (Wildman–Crippen MR) is 134 cm³/mol. The van der Waals surface area contributed by atoms with Crippen LogP contribution < -0.4 is 0 Å². The molecule has 3 aromatic rings. The van der Waals surface area contributed by atoms with Crippen molar-refractivity contribution in [2.45, 2.75) is 49.8 Å². The SMILES string of the molecule is C=CCO[C@@H]1[C@H]2OC(C)(C)O[C@H]2O[C@@H]1COC(c1ccccc1)(c1ccccc1)c1ccccc1. The van der Waals surface area contributed by atoms with Crippen molar-refractivity contribution in [1.29, 1.82) is 0 Å². The molecule has 0 unspecified atom stereocenters. The van der Waals surface area contributed by atoms with Crippen molar-refractivity contribution in [3.63, 3.8) is 0 Å². The van der Waals surface area contributed by atoms with E-state index in [4.69, 9.17) is 23.7 Å². The first kappa shape index (κ1) is 23.9. The first-order valence-corrected chi connectivity index (χ1v) is 12.1. The predicted octanol–water partition coefficient (Wildman–Crippen LogP) is 5.44. The largest absolute Gasteiger partial charge is 0.368 e. The maximum Gasteiger partial charge on any atom is 0.190 e. The van der Waals surface area contributed by atoms with Crippen LogP contribution in [0.1, 0.15) is 30.5 Å². The van der Waals surface area contributed by atoms with Crippen LogP contribution in [0.5, 0.6) is 0 Å². The fourth-order valence-corrected chi connectivity index (χ4v) is 5.04. The average Bonchev–Trinajstić information content (AvgIpc) is 3.36. The van der Waals surface area contributed by atoms with Gasteiger partial charge in [-0.1, -0.05) is 97.1 Å². The van der Waals surface area contributed by atoms with Crippen molar-refractivity contribution in [2.75, 3.05) is 13.2 Å². The van der Waals surface area contributed by atoms with Gasteiger partial charge in [-0.05, 0) is 30.5 Å². The van der Waals surface area contributed by atoms with Crippen LogP contribution in [-0.4, -0.2) is 43.6 Å². The fraction of sp³-hybridized carbons (Fsp3) is 0.333. The molecule has 2 fully saturated rings. The Morgan fingerprint density at radius 1 is 0.829 bits per heavy atom. The molecule has 35 heavy (non-hydrogen) atoms. The maximum absolute atomic E-state index is 6.96. The zero-order chi connectivity index (χ0) is 24.3. The molecule has 0 saturated carbocycles. The summed E-state index contributed by atoms with van der Waals surface area (Å²) in [6.07, 6.45) is 0.163. The third kappa shape index (κ3) is 4.70. The van der Waals surface area contributed by atoms with Crippen molar-refractivity contribution in [3.8, 4) is 0 Å². The molecule has 182 valence electrons. The summed E-state index contributed by atoms with van der Waals surface area (Å²) in [5.41, 5.74) is 2.27.